The Morgan fingerprint density at radius 3 is 2.60 bits per heavy atom. The van der Waals surface area contributed by atoms with Gasteiger partial charge >= 0.3 is 0 Å². The number of carbonyl (C=O) groups is 1. The zero-order valence-corrected chi connectivity index (χ0v) is 15.1. The molecule has 0 radical (unpaired) electrons. The van der Waals surface area contributed by atoms with Gasteiger partial charge < -0.3 is 9.42 Å². The average Bonchev–Trinajstić information content (AvgIpc) is 3.10. The number of benzene rings is 1. The molecule has 1 aromatic carbocycles. The van der Waals surface area contributed by atoms with Crippen LogP contribution in [0.5, 0.6) is 0 Å². The minimum Gasteiger partial charge on any atom is -0.337 e. The molecule has 0 atom stereocenters. The first-order valence-corrected chi connectivity index (χ1v) is 9.31. The van der Waals surface area contributed by atoms with Gasteiger partial charge in [0.25, 0.3) is 0 Å². The summed E-state index contributed by atoms with van der Waals surface area (Å²) in [5.74, 6) is 1.79. The lowest BCUT2D eigenvalue weighted by Gasteiger charge is -2.28. The monoisotopic (exact) mass is 341 g/mol. The third-order valence-corrected chi connectivity index (χ3v) is 4.94. The molecule has 5 nitrogen and oxygen atoms in total. The standard InChI is InChI=1S/C20H27N3O2/c1-15(2)23(19(24)13-16-9-5-3-6-10-16)14-18-21-20(22-25-18)17-11-7-4-8-12-17/h4,7-8,11-12,15-16H,3,5-6,9-10,13-14H2,1-2H3. The van der Waals surface area contributed by atoms with Crippen LogP contribution in [0.1, 0.15) is 58.3 Å². The summed E-state index contributed by atoms with van der Waals surface area (Å²) in [5, 5.41) is 4.05. The fraction of sp³-hybridized carbons (Fsp3) is 0.550. The van der Waals surface area contributed by atoms with Gasteiger partial charge in [-0.25, -0.2) is 0 Å². The van der Waals surface area contributed by atoms with E-state index in [9.17, 15) is 4.79 Å². The van der Waals surface area contributed by atoms with Crippen molar-refractivity contribution in [3.8, 4) is 11.4 Å². The third-order valence-electron chi connectivity index (χ3n) is 4.94. The van der Waals surface area contributed by atoms with Crippen LogP contribution < -0.4 is 0 Å². The van der Waals surface area contributed by atoms with E-state index in [0.29, 0.717) is 30.6 Å². The van der Waals surface area contributed by atoms with Gasteiger partial charge in [-0.05, 0) is 32.6 Å². The van der Waals surface area contributed by atoms with E-state index >= 15 is 0 Å². The lowest BCUT2D eigenvalue weighted by molar-refractivity contribution is -0.135. The number of hydrogen-bond donors (Lipinski definition) is 0. The van der Waals surface area contributed by atoms with Gasteiger partial charge in [0.1, 0.15) is 6.54 Å². The van der Waals surface area contributed by atoms with Gasteiger partial charge in [0.15, 0.2) is 0 Å². The van der Waals surface area contributed by atoms with Crippen LogP contribution in [0, 0.1) is 5.92 Å². The SMILES string of the molecule is CC(C)N(Cc1nc(-c2ccccc2)no1)C(=O)CC1CCCCC1. The van der Waals surface area contributed by atoms with E-state index in [1.54, 1.807) is 0 Å². The summed E-state index contributed by atoms with van der Waals surface area (Å²) < 4.78 is 5.38. The Labute approximate surface area is 149 Å². The second kappa shape index (κ2) is 8.28. The Morgan fingerprint density at radius 1 is 1.20 bits per heavy atom. The maximum absolute atomic E-state index is 12.8. The van der Waals surface area contributed by atoms with Crippen LogP contribution in [0.2, 0.25) is 0 Å². The Kier molecular flexibility index (Phi) is 5.84. The zero-order valence-electron chi connectivity index (χ0n) is 15.1. The van der Waals surface area contributed by atoms with Crippen molar-refractivity contribution in [1.82, 2.24) is 15.0 Å². The van der Waals surface area contributed by atoms with Crippen LogP contribution in [0.3, 0.4) is 0 Å². The molecule has 134 valence electrons. The molecule has 0 spiro atoms. The molecule has 1 aromatic heterocycles. The fourth-order valence-electron chi connectivity index (χ4n) is 3.48. The molecule has 1 amide bonds. The van der Waals surface area contributed by atoms with Crippen molar-refractivity contribution in [1.29, 1.82) is 0 Å². The molecular formula is C20H27N3O2. The van der Waals surface area contributed by atoms with Crippen LogP contribution in [0.4, 0.5) is 0 Å². The summed E-state index contributed by atoms with van der Waals surface area (Å²) in [6.45, 7) is 4.45. The molecule has 0 unspecified atom stereocenters. The van der Waals surface area contributed by atoms with Crippen molar-refractivity contribution in [2.45, 2.75) is 65.0 Å². The Hall–Kier alpha value is -2.17. The Morgan fingerprint density at radius 2 is 1.92 bits per heavy atom. The second-order valence-corrected chi connectivity index (χ2v) is 7.20. The van der Waals surface area contributed by atoms with Crippen molar-refractivity contribution in [3.63, 3.8) is 0 Å². The second-order valence-electron chi connectivity index (χ2n) is 7.20. The maximum Gasteiger partial charge on any atom is 0.246 e. The first kappa shape index (κ1) is 17.6. The van der Waals surface area contributed by atoms with Gasteiger partial charge in [-0.2, -0.15) is 4.98 Å². The highest BCUT2D eigenvalue weighted by Crippen LogP contribution is 2.27. The van der Waals surface area contributed by atoms with Gasteiger partial charge in [-0.3, -0.25) is 4.79 Å². The molecule has 1 saturated carbocycles. The Bertz CT molecular complexity index is 675. The molecule has 5 heteroatoms. The maximum atomic E-state index is 12.8. The van der Waals surface area contributed by atoms with Crippen molar-refractivity contribution < 1.29 is 9.32 Å². The molecule has 0 saturated heterocycles. The molecular weight excluding hydrogens is 314 g/mol. The molecule has 1 heterocycles. The minimum atomic E-state index is 0.114. The molecule has 1 aliphatic rings. The van der Waals surface area contributed by atoms with Gasteiger partial charge in [-0.15, -0.1) is 0 Å². The van der Waals surface area contributed by atoms with Crippen LogP contribution >= 0.6 is 0 Å². The normalized spacial score (nSPS) is 15.5. The highest BCUT2D eigenvalue weighted by Gasteiger charge is 2.24. The fourth-order valence-corrected chi connectivity index (χ4v) is 3.48. The van der Waals surface area contributed by atoms with Gasteiger partial charge in [-0.1, -0.05) is 54.8 Å². The van der Waals surface area contributed by atoms with Crippen molar-refractivity contribution in [3.05, 3.63) is 36.2 Å². The van der Waals surface area contributed by atoms with Crippen LogP contribution in [0.15, 0.2) is 34.9 Å². The summed E-state index contributed by atoms with van der Waals surface area (Å²) in [6.07, 6.45) is 6.81. The van der Waals surface area contributed by atoms with E-state index in [2.05, 4.69) is 10.1 Å². The predicted molar refractivity (Wildman–Crippen MR) is 96.6 cm³/mol. The van der Waals surface area contributed by atoms with Crippen molar-refractivity contribution >= 4 is 5.91 Å². The Balaban J connectivity index is 1.65. The molecule has 1 fully saturated rings. The highest BCUT2D eigenvalue weighted by molar-refractivity contribution is 5.76. The van der Waals surface area contributed by atoms with E-state index in [1.807, 2.05) is 49.1 Å². The van der Waals surface area contributed by atoms with Crippen molar-refractivity contribution in [2.24, 2.45) is 5.92 Å². The number of rotatable bonds is 6. The first-order chi connectivity index (χ1) is 12.1. The smallest absolute Gasteiger partial charge is 0.246 e. The molecule has 3 rings (SSSR count). The topological polar surface area (TPSA) is 59.2 Å². The molecule has 0 N–H and O–H groups in total. The summed E-state index contributed by atoms with van der Waals surface area (Å²) in [4.78, 5) is 19.1. The largest absolute Gasteiger partial charge is 0.337 e. The number of aromatic nitrogens is 2. The number of amides is 1. The highest BCUT2D eigenvalue weighted by atomic mass is 16.5. The van der Waals surface area contributed by atoms with E-state index in [4.69, 9.17) is 4.52 Å². The lowest BCUT2D eigenvalue weighted by atomic mass is 9.86. The number of hydrogen-bond acceptors (Lipinski definition) is 4. The van der Waals surface area contributed by atoms with E-state index in [-0.39, 0.29) is 11.9 Å². The van der Waals surface area contributed by atoms with Gasteiger partial charge in [0.05, 0.1) is 0 Å². The lowest BCUT2D eigenvalue weighted by Crippen LogP contribution is -2.37. The van der Waals surface area contributed by atoms with Gasteiger partial charge in [0.2, 0.25) is 17.6 Å². The summed E-state index contributed by atoms with van der Waals surface area (Å²) in [7, 11) is 0. The van der Waals surface area contributed by atoms with Gasteiger partial charge in [0, 0.05) is 18.0 Å². The average molecular weight is 341 g/mol. The number of carbonyl (C=O) groups excluding carboxylic acids is 1. The third kappa shape index (κ3) is 4.68. The predicted octanol–water partition coefficient (Wildman–Crippen LogP) is 4.44. The molecule has 2 aromatic rings. The first-order valence-electron chi connectivity index (χ1n) is 9.31. The molecule has 0 aliphatic heterocycles. The summed E-state index contributed by atoms with van der Waals surface area (Å²) in [5.41, 5.74) is 0.919. The van der Waals surface area contributed by atoms with Crippen LogP contribution in [-0.4, -0.2) is 27.0 Å². The van der Waals surface area contributed by atoms with E-state index in [1.165, 1.54) is 32.1 Å². The van der Waals surface area contributed by atoms with E-state index < -0.39 is 0 Å². The zero-order chi connectivity index (χ0) is 17.6. The molecule has 25 heavy (non-hydrogen) atoms. The summed E-state index contributed by atoms with van der Waals surface area (Å²) >= 11 is 0. The van der Waals surface area contributed by atoms with Crippen LogP contribution in [0.25, 0.3) is 11.4 Å². The quantitative estimate of drug-likeness (QED) is 0.779. The molecule has 0 bridgehead atoms. The molecule has 1 aliphatic carbocycles. The number of nitrogens with zero attached hydrogens (tertiary/aromatic N) is 3. The van der Waals surface area contributed by atoms with Crippen molar-refractivity contribution in [2.75, 3.05) is 0 Å². The summed E-state index contributed by atoms with van der Waals surface area (Å²) in [6, 6.07) is 9.85. The van der Waals surface area contributed by atoms with E-state index in [0.717, 1.165) is 5.56 Å². The van der Waals surface area contributed by atoms with Crippen LogP contribution in [-0.2, 0) is 11.3 Å². The minimum absolute atomic E-state index is 0.114.